The Labute approximate surface area is 194 Å². The quantitative estimate of drug-likeness (QED) is 0.377. The van der Waals surface area contributed by atoms with Gasteiger partial charge in [-0.3, -0.25) is 4.79 Å². The number of nitrogens with zero attached hydrogens (tertiary/aromatic N) is 3. The largest absolute Gasteiger partial charge is 0.481 e. The molecule has 0 aliphatic carbocycles. The fourth-order valence-corrected chi connectivity index (χ4v) is 4.06. The van der Waals surface area contributed by atoms with Crippen LogP contribution in [0.15, 0.2) is 18.2 Å². The molecule has 0 amide bonds. The highest BCUT2D eigenvalue weighted by Gasteiger charge is 2.25. The lowest BCUT2D eigenvalue weighted by molar-refractivity contribution is -0.141. The molecular formula is C24H35N5O4. The normalized spacial score (nSPS) is 13.1. The zero-order chi connectivity index (χ0) is 24.2. The van der Waals surface area contributed by atoms with Gasteiger partial charge in [0, 0.05) is 18.5 Å². The van der Waals surface area contributed by atoms with Crippen molar-refractivity contribution >= 4 is 33.7 Å². The lowest BCUT2D eigenvalue weighted by Gasteiger charge is -2.27. The van der Waals surface area contributed by atoms with Gasteiger partial charge in [-0.1, -0.05) is 19.1 Å². The predicted octanol–water partition coefficient (Wildman–Crippen LogP) is 3.11. The standard InChI is InChI=1S/C24H35N5O4/c1-5-16(23(30)31)11-15-7-8-17-18(12-15)27-22(26)20-21(17)29(19(28-20)13-32-6-2)14-24(3,4)33-10-9-25/h7-8,12,16H,5-6,9-11,13-14,25H2,1-4H3,(H2,26,27)(H,30,31). The number of fused-ring (bicyclic) bond motifs is 3. The Bertz CT molecular complexity index is 1130. The molecule has 1 aromatic carbocycles. The fraction of sp³-hybridized carbons (Fsp3) is 0.542. The number of carbonyl (C=O) groups is 1. The molecular weight excluding hydrogens is 422 g/mol. The molecule has 0 aliphatic heterocycles. The molecule has 0 aliphatic rings. The number of nitrogens with two attached hydrogens (primary N) is 2. The van der Waals surface area contributed by atoms with Gasteiger partial charge in [0.05, 0.1) is 35.7 Å². The predicted molar refractivity (Wildman–Crippen MR) is 129 cm³/mol. The highest BCUT2D eigenvalue weighted by Crippen LogP contribution is 2.32. The second kappa shape index (κ2) is 10.5. The number of benzene rings is 1. The van der Waals surface area contributed by atoms with Crippen LogP contribution in [0.1, 0.15) is 45.5 Å². The topological polar surface area (TPSA) is 139 Å². The molecule has 0 fully saturated rings. The first-order chi connectivity index (χ1) is 15.7. The number of hydrogen-bond donors (Lipinski definition) is 3. The van der Waals surface area contributed by atoms with Crippen LogP contribution in [-0.2, 0) is 33.8 Å². The van der Waals surface area contributed by atoms with Crippen LogP contribution >= 0.6 is 0 Å². The number of ether oxygens (including phenoxy) is 2. The number of nitrogen functional groups attached to an aromatic ring is 1. The van der Waals surface area contributed by atoms with E-state index in [0.29, 0.717) is 62.6 Å². The number of hydrogen-bond acceptors (Lipinski definition) is 7. The van der Waals surface area contributed by atoms with Crippen LogP contribution in [0, 0.1) is 5.92 Å². The molecule has 3 aromatic rings. The van der Waals surface area contributed by atoms with E-state index in [-0.39, 0.29) is 0 Å². The van der Waals surface area contributed by atoms with Gasteiger partial charge in [-0.05, 0) is 45.2 Å². The van der Waals surface area contributed by atoms with Crippen LogP contribution < -0.4 is 11.5 Å². The molecule has 9 heteroatoms. The number of rotatable bonds is 12. The van der Waals surface area contributed by atoms with Crippen LogP contribution in [0.2, 0.25) is 0 Å². The first-order valence-electron chi connectivity index (χ1n) is 11.4. The summed E-state index contributed by atoms with van der Waals surface area (Å²) in [5.74, 6) is -0.151. The van der Waals surface area contributed by atoms with Gasteiger partial charge in [0.2, 0.25) is 0 Å². The van der Waals surface area contributed by atoms with Crippen molar-refractivity contribution < 1.29 is 19.4 Å². The number of aromatic nitrogens is 3. The summed E-state index contributed by atoms with van der Waals surface area (Å²) in [6.07, 6.45) is 1.00. The van der Waals surface area contributed by atoms with E-state index in [9.17, 15) is 9.90 Å². The Morgan fingerprint density at radius 3 is 2.67 bits per heavy atom. The summed E-state index contributed by atoms with van der Waals surface area (Å²) < 4.78 is 13.7. The van der Waals surface area contributed by atoms with Crippen molar-refractivity contribution in [3.8, 4) is 0 Å². The van der Waals surface area contributed by atoms with Crippen molar-refractivity contribution in [2.45, 2.75) is 59.3 Å². The number of pyridine rings is 1. The average Bonchev–Trinajstić information content (AvgIpc) is 3.12. The molecule has 0 bridgehead atoms. The van der Waals surface area contributed by atoms with E-state index in [1.165, 1.54) is 0 Å². The average molecular weight is 458 g/mol. The molecule has 9 nitrogen and oxygen atoms in total. The van der Waals surface area contributed by atoms with Crippen molar-refractivity contribution in [3.05, 3.63) is 29.6 Å². The third-order valence-electron chi connectivity index (χ3n) is 5.76. The minimum atomic E-state index is -0.793. The van der Waals surface area contributed by atoms with E-state index in [2.05, 4.69) is 9.55 Å². The van der Waals surface area contributed by atoms with Gasteiger partial charge in [-0.2, -0.15) is 0 Å². The summed E-state index contributed by atoms with van der Waals surface area (Å²) in [7, 11) is 0. The van der Waals surface area contributed by atoms with Gasteiger partial charge < -0.3 is 30.6 Å². The minimum absolute atomic E-state index is 0.331. The Hall–Kier alpha value is -2.75. The number of carboxylic acids is 1. The summed E-state index contributed by atoms with van der Waals surface area (Å²) in [5.41, 5.74) is 14.6. The lowest BCUT2D eigenvalue weighted by atomic mass is 9.96. The van der Waals surface area contributed by atoms with Crippen LogP contribution in [0.4, 0.5) is 5.82 Å². The van der Waals surface area contributed by atoms with Crippen LogP contribution in [-0.4, -0.2) is 51.0 Å². The second-order valence-corrected chi connectivity index (χ2v) is 8.84. The Kier molecular flexibility index (Phi) is 7.88. The third-order valence-corrected chi connectivity index (χ3v) is 5.76. The van der Waals surface area contributed by atoms with Crippen LogP contribution in [0.3, 0.4) is 0 Å². The molecule has 33 heavy (non-hydrogen) atoms. The van der Waals surface area contributed by atoms with Crippen molar-refractivity contribution in [1.82, 2.24) is 14.5 Å². The molecule has 0 spiro atoms. The van der Waals surface area contributed by atoms with E-state index in [0.717, 1.165) is 22.3 Å². The summed E-state index contributed by atoms with van der Waals surface area (Å²) in [6.45, 7) is 10.2. The molecule has 0 radical (unpaired) electrons. The monoisotopic (exact) mass is 457 g/mol. The molecule has 2 heterocycles. The maximum absolute atomic E-state index is 11.5. The first-order valence-corrected chi connectivity index (χ1v) is 11.4. The van der Waals surface area contributed by atoms with Crippen LogP contribution in [0.5, 0.6) is 0 Å². The molecule has 0 saturated heterocycles. The summed E-state index contributed by atoms with van der Waals surface area (Å²) in [5, 5.41) is 10.3. The van der Waals surface area contributed by atoms with Crippen molar-refractivity contribution in [2.75, 3.05) is 25.5 Å². The summed E-state index contributed by atoms with van der Waals surface area (Å²) in [4.78, 5) is 20.8. The third kappa shape index (κ3) is 5.61. The van der Waals surface area contributed by atoms with E-state index in [1.807, 2.05) is 45.9 Å². The zero-order valence-corrected chi connectivity index (χ0v) is 19.9. The Morgan fingerprint density at radius 2 is 2.03 bits per heavy atom. The maximum atomic E-state index is 11.5. The van der Waals surface area contributed by atoms with E-state index < -0.39 is 17.5 Å². The first kappa shape index (κ1) is 24.9. The lowest BCUT2D eigenvalue weighted by Crippen LogP contribution is -2.33. The Morgan fingerprint density at radius 1 is 1.27 bits per heavy atom. The number of imidazole rings is 1. The van der Waals surface area contributed by atoms with Gasteiger partial charge >= 0.3 is 5.97 Å². The Balaban J connectivity index is 2.15. The number of carboxylic acid groups (broad SMARTS) is 1. The van der Waals surface area contributed by atoms with E-state index >= 15 is 0 Å². The van der Waals surface area contributed by atoms with Crippen molar-refractivity contribution in [2.24, 2.45) is 11.7 Å². The SMILES string of the molecule is CCOCc1nc2c(N)nc3cc(CC(CC)C(=O)O)ccc3c2n1CC(C)(C)OCCN. The highest BCUT2D eigenvalue weighted by atomic mass is 16.5. The van der Waals surface area contributed by atoms with Gasteiger partial charge in [0.25, 0.3) is 0 Å². The second-order valence-electron chi connectivity index (χ2n) is 8.84. The molecule has 1 atom stereocenters. The number of aliphatic carboxylic acids is 1. The van der Waals surface area contributed by atoms with Gasteiger partial charge in [-0.15, -0.1) is 0 Å². The van der Waals surface area contributed by atoms with Crippen LogP contribution in [0.25, 0.3) is 21.9 Å². The summed E-state index contributed by atoms with van der Waals surface area (Å²) >= 11 is 0. The maximum Gasteiger partial charge on any atom is 0.306 e. The smallest absolute Gasteiger partial charge is 0.306 e. The number of anilines is 1. The molecule has 2 aromatic heterocycles. The minimum Gasteiger partial charge on any atom is -0.481 e. The molecule has 180 valence electrons. The van der Waals surface area contributed by atoms with E-state index in [1.54, 1.807) is 0 Å². The molecule has 0 saturated carbocycles. The fourth-order valence-electron chi connectivity index (χ4n) is 4.06. The van der Waals surface area contributed by atoms with Gasteiger partial charge in [0.15, 0.2) is 5.82 Å². The molecule has 1 unspecified atom stereocenters. The van der Waals surface area contributed by atoms with E-state index in [4.69, 9.17) is 25.9 Å². The van der Waals surface area contributed by atoms with Crippen molar-refractivity contribution in [1.29, 1.82) is 0 Å². The summed E-state index contributed by atoms with van der Waals surface area (Å²) in [6, 6.07) is 5.86. The van der Waals surface area contributed by atoms with Crippen molar-refractivity contribution in [3.63, 3.8) is 0 Å². The molecule has 5 N–H and O–H groups in total. The zero-order valence-electron chi connectivity index (χ0n) is 19.9. The van der Waals surface area contributed by atoms with Gasteiger partial charge in [-0.25, -0.2) is 9.97 Å². The highest BCUT2D eigenvalue weighted by molar-refractivity contribution is 6.06. The molecule has 3 rings (SSSR count). The van der Waals surface area contributed by atoms with Gasteiger partial charge in [0.1, 0.15) is 17.9 Å².